The summed E-state index contributed by atoms with van der Waals surface area (Å²) < 4.78 is 0. The summed E-state index contributed by atoms with van der Waals surface area (Å²) in [7, 11) is 0. The molecule has 116 valence electrons. The standard InChI is InChI=1S/C16H23NO4/c1-16(2,3)12-6-4-11(5-7-12)10-17-13(15(20)21)8-9-14(18)19/h4-7,13,17H,8-10H2,1-3H3,(H,18,19)(H,20,21). The third-order valence-corrected chi connectivity index (χ3v) is 3.32. The smallest absolute Gasteiger partial charge is 0.320 e. The number of carboxylic acids is 2. The van der Waals surface area contributed by atoms with E-state index in [0.29, 0.717) is 6.54 Å². The van der Waals surface area contributed by atoms with E-state index in [1.54, 1.807) is 0 Å². The van der Waals surface area contributed by atoms with E-state index in [1.165, 1.54) is 5.56 Å². The van der Waals surface area contributed by atoms with Crippen LogP contribution >= 0.6 is 0 Å². The molecule has 21 heavy (non-hydrogen) atoms. The number of carbonyl (C=O) groups is 2. The molecule has 0 heterocycles. The number of rotatable bonds is 7. The summed E-state index contributed by atoms with van der Waals surface area (Å²) in [4.78, 5) is 21.6. The predicted octanol–water partition coefficient (Wildman–Crippen LogP) is 2.39. The molecular formula is C16H23NO4. The zero-order valence-electron chi connectivity index (χ0n) is 12.7. The number of benzene rings is 1. The monoisotopic (exact) mass is 293 g/mol. The Hall–Kier alpha value is -1.88. The molecule has 0 saturated carbocycles. The van der Waals surface area contributed by atoms with Crippen molar-refractivity contribution < 1.29 is 19.8 Å². The van der Waals surface area contributed by atoms with Crippen LogP contribution in [0.3, 0.4) is 0 Å². The second-order valence-electron chi connectivity index (χ2n) is 6.15. The maximum Gasteiger partial charge on any atom is 0.320 e. The van der Waals surface area contributed by atoms with Crippen molar-refractivity contribution in [2.75, 3.05) is 0 Å². The van der Waals surface area contributed by atoms with Crippen LogP contribution in [0.5, 0.6) is 0 Å². The van der Waals surface area contributed by atoms with Crippen molar-refractivity contribution in [3.63, 3.8) is 0 Å². The molecule has 0 fully saturated rings. The molecule has 1 aromatic carbocycles. The van der Waals surface area contributed by atoms with Gasteiger partial charge >= 0.3 is 11.9 Å². The Morgan fingerprint density at radius 3 is 2.14 bits per heavy atom. The first-order valence-corrected chi connectivity index (χ1v) is 6.97. The number of hydrogen-bond donors (Lipinski definition) is 3. The minimum absolute atomic E-state index is 0.0741. The first kappa shape index (κ1) is 17.2. The fourth-order valence-electron chi connectivity index (χ4n) is 1.94. The highest BCUT2D eigenvalue weighted by molar-refractivity contribution is 5.75. The van der Waals surface area contributed by atoms with Crippen LogP contribution in [0.4, 0.5) is 0 Å². The number of carboxylic acid groups (broad SMARTS) is 2. The van der Waals surface area contributed by atoms with Gasteiger partial charge in [-0.1, -0.05) is 45.0 Å². The van der Waals surface area contributed by atoms with Gasteiger partial charge < -0.3 is 15.5 Å². The largest absolute Gasteiger partial charge is 0.481 e. The molecule has 1 unspecified atom stereocenters. The van der Waals surface area contributed by atoms with Crippen LogP contribution in [-0.4, -0.2) is 28.2 Å². The molecule has 0 spiro atoms. The van der Waals surface area contributed by atoms with Crippen LogP contribution in [0.1, 0.15) is 44.7 Å². The van der Waals surface area contributed by atoms with E-state index in [1.807, 2.05) is 24.3 Å². The second kappa shape index (κ2) is 7.22. The minimum Gasteiger partial charge on any atom is -0.481 e. The first-order valence-electron chi connectivity index (χ1n) is 6.97. The van der Waals surface area contributed by atoms with Crippen LogP contribution in [0.2, 0.25) is 0 Å². The molecule has 0 amide bonds. The summed E-state index contributed by atoms with van der Waals surface area (Å²) in [6.07, 6.45) is -0.0856. The van der Waals surface area contributed by atoms with Crippen molar-refractivity contribution in [1.82, 2.24) is 5.32 Å². The van der Waals surface area contributed by atoms with Gasteiger partial charge in [-0.05, 0) is 23.0 Å². The van der Waals surface area contributed by atoms with E-state index in [-0.39, 0.29) is 18.3 Å². The Morgan fingerprint density at radius 2 is 1.71 bits per heavy atom. The van der Waals surface area contributed by atoms with Gasteiger partial charge in [0.05, 0.1) is 0 Å². The van der Waals surface area contributed by atoms with Crippen molar-refractivity contribution in [3.8, 4) is 0 Å². The summed E-state index contributed by atoms with van der Waals surface area (Å²) in [6, 6.07) is 7.14. The van der Waals surface area contributed by atoms with E-state index in [4.69, 9.17) is 10.2 Å². The van der Waals surface area contributed by atoms with Crippen molar-refractivity contribution in [3.05, 3.63) is 35.4 Å². The molecule has 1 atom stereocenters. The second-order valence-corrected chi connectivity index (χ2v) is 6.15. The Balaban J connectivity index is 2.59. The fourth-order valence-corrected chi connectivity index (χ4v) is 1.94. The minimum atomic E-state index is -1.03. The van der Waals surface area contributed by atoms with Gasteiger partial charge in [0.2, 0.25) is 0 Å². The summed E-state index contributed by atoms with van der Waals surface area (Å²) >= 11 is 0. The van der Waals surface area contributed by atoms with E-state index in [9.17, 15) is 9.59 Å². The molecule has 0 bridgehead atoms. The van der Waals surface area contributed by atoms with Gasteiger partial charge in [0.25, 0.3) is 0 Å². The number of aliphatic carboxylic acids is 2. The Kier molecular flexibility index (Phi) is 5.90. The summed E-state index contributed by atoms with van der Waals surface area (Å²) in [5.74, 6) is -2.01. The molecule has 3 N–H and O–H groups in total. The Bertz CT molecular complexity index is 488. The van der Waals surface area contributed by atoms with E-state index in [0.717, 1.165) is 5.56 Å². The quantitative estimate of drug-likeness (QED) is 0.718. The first-order chi connectivity index (χ1) is 9.70. The van der Waals surface area contributed by atoms with Gasteiger partial charge in [0, 0.05) is 13.0 Å². The van der Waals surface area contributed by atoms with E-state index in [2.05, 4.69) is 26.1 Å². The van der Waals surface area contributed by atoms with Gasteiger partial charge in [0.1, 0.15) is 6.04 Å². The van der Waals surface area contributed by atoms with Crippen LogP contribution in [0.15, 0.2) is 24.3 Å². The molecular weight excluding hydrogens is 270 g/mol. The molecule has 5 nitrogen and oxygen atoms in total. The lowest BCUT2D eigenvalue weighted by molar-refractivity contribution is -0.140. The average Bonchev–Trinajstić information content (AvgIpc) is 2.37. The zero-order chi connectivity index (χ0) is 16.0. The summed E-state index contributed by atoms with van der Waals surface area (Å²) in [5, 5.41) is 20.6. The van der Waals surface area contributed by atoms with Crippen LogP contribution in [0, 0.1) is 0 Å². The van der Waals surface area contributed by atoms with Crippen LogP contribution < -0.4 is 5.32 Å². The third kappa shape index (κ3) is 5.95. The zero-order valence-corrected chi connectivity index (χ0v) is 12.7. The lowest BCUT2D eigenvalue weighted by Crippen LogP contribution is -2.36. The average molecular weight is 293 g/mol. The fraction of sp³-hybridized carbons (Fsp3) is 0.500. The maximum absolute atomic E-state index is 11.1. The normalized spacial score (nSPS) is 12.9. The van der Waals surface area contributed by atoms with Gasteiger partial charge in [0.15, 0.2) is 0 Å². The highest BCUT2D eigenvalue weighted by Crippen LogP contribution is 2.22. The summed E-state index contributed by atoms with van der Waals surface area (Å²) in [5.41, 5.74) is 2.27. The highest BCUT2D eigenvalue weighted by Gasteiger charge is 2.18. The molecule has 0 aliphatic carbocycles. The molecule has 0 aliphatic rings. The molecule has 1 aromatic rings. The van der Waals surface area contributed by atoms with Crippen molar-refractivity contribution in [2.45, 2.75) is 51.6 Å². The van der Waals surface area contributed by atoms with E-state index >= 15 is 0 Å². The van der Waals surface area contributed by atoms with Crippen molar-refractivity contribution in [2.24, 2.45) is 0 Å². The maximum atomic E-state index is 11.1. The van der Waals surface area contributed by atoms with Crippen LogP contribution in [-0.2, 0) is 21.5 Å². The van der Waals surface area contributed by atoms with Crippen molar-refractivity contribution >= 4 is 11.9 Å². The highest BCUT2D eigenvalue weighted by atomic mass is 16.4. The molecule has 0 aromatic heterocycles. The van der Waals surface area contributed by atoms with E-state index < -0.39 is 18.0 Å². The predicted molar refractivity (Wildman–Crippen MR) is 80.3 cm³/mol. The van der Waals surface area contributed by atoms with Gasteiger partial charge in [-0.3, -0.25) is 9.59 Å². The molecule has 0 aliphatic heterocycles. The van der Waals surface area contributed by atoms with Gasteiger partial charge in [-0.15, -0.1) is 0 Å². The Morgan fingerprint density at radius 1 is 1.14 bits per heavy atom. The van der Waals surface area contributed by atoms with Crippen molar-refractivity contribution in [1.29, 1.82) is 0 Å². The molecule has 5 heteroatoms. The lowest BCUT2D eigenvalue weighted by atomic mass is 9.87. The molecule has 1 rings (SSSR count). The summed E-state index contributed by atoms with van der Waals surface area (Å²) in [6.45, 7) is 6.80. The molecule has 0 radical (unpaired) electrons. The molecule has 0 saturated heterocycles. The Labute approximate surface area is 125 Å². The topological polar surface area (TPSA) is 86.6 Å². The lowest BCUT2D eigenvalue weighted by Gasteiger charge is -2.19. The number of nitrogens with one attached hydrogen (secondary N) is 1. The number of hydrogen-bond acceptors (Lipinski definition) is 3. The van der Waals surface area contributed by atoms with Crippen LogP contribution in [0.25, 0.3) is 0 Å². The van der Waals surface area contributed by atoms with Gasteiger partial charge in [-0.25, -0.2) is 0 Å². The van der Waals surface area contributed by atoms with Gasteiger partial charge in [-0.2, -0.15) is 0 Å². The SMILES string of the molecule is CC(C)(C)c1ccc(CNC(CCC(=O)O)C(=O)O)cc1. The third-order valence-electron chi connectivity index (χ3n) is 3.32.